The first kappa shape index (κ1) is 12.5. The van der Waals surface area contributed by atoms with Crippen LogP contribution in [0.25, 0.3) is 0 Å². The van der Waals surface area contributed by atoms with Crippen molar-refractivity contribution in [1.29, 1.82) is 0 Å². The van der Waals surface area contributed by atoms with E-state index in [0.29, 0.717) is 6.54 Å². The van der Waals surface area contributed by atoms with Gasteiger partial charge in [-0.2, -0.15) is 0 Å². The minimum absolute atomic E-state index is 0.108. The minimum atomic E-state index is -0.276. The molecule has 1 fully saturated rings. The highest BCUT2D eigenvalue weighted by atomic mass is 16.3. The topological polar surface area (TPSA) is 77.0 Å². The summed E-state index contributed by atoms with van der Waals surface area (Å²) in [5.74, 6) is 0. The van der Waals surface area contributed by atoms with Gasteiger partial charge in [0.25, 0.3) is 0 Å². The van der Waals surface area contributed by atoms with Gasteiger partial charge < -0.3 is 10.8 Å². The largest absolute Gasteiger partial charge is 0.391 e. The summed E-state index contributed by atoms with van der Waals surface area (Å²) in [6, 6.07) is 0.108. The van der Waals surface area contributed by atoms with Gasteiger partial charge in [-0.3, -0.25) is 0 Å². The summed E-state index contributed by atoms with van der Waals surface area (Å²) in [5.41, 5.74) is 6.45. The summed E-state index contributed by atoms with van der Waals surface area (Å²) in [6.45, 7) is 0.679. The van der Waals surface area contributed by atoms with Crippen LogP contribution in [0.3, 0.4) is 0 Å². The minimum Gasteiger partial charge on any atom is -0.391 e. The highest BCUT2D eigenvalue weighted by molar-refractivity contribution is 4.94. The average Bonchev–Trinajstić information content (AvgIpc) is 2.69. The van der Waals surface area contributed by atoms with Crippen LogP contribution in [0.15, 0.2) is 6.20 Å². The SMILES string of the molecule is NCCCc1cn(C2CCCCCC2O)nn1. The number of hydrogen-bond donors (Lipinski definition) is 2. The lowest BCUT2D eigenvalue weighted by Crippen LogP contribution is -2.23. The van der Waals surface area contributed by atoms with Crippen LogP contribution in [0.4, 0.5) is 0 Å². The average molecular weight is 238 g/mol. The summed E-state index contributed by atoms with van der Waals surface area (Å²) in [6.07, 6.45) is 8.87. The second-order valence-electron chi connectivity index (χ2n) is 4.85. The molecule has 0 amide bonds. The third kappa shape index (κ3) is 3.26. The van der Waals surface area contributed by atoms with E-state index < -0.39 is 0 Å². The Labute approximate surface area is 102 Å². The summed E-state index contributed by atoms with van der Waals surface area (Å²) in [4.78, 5) is 0. The van der Waals surface area contributed by atoms with Crippen molar-refractivity contribution in [3.8, 4) is 0 Å². The van der Waals surface area contributed by atoms with Crippen molar-refractivity contribution >= 4 is 0 Å². The maximum absolute atomic E-state index is 10.1. The van der Waals surface area contributed by atoms with Gasteiger partial charge in [-0.1, -0.05) is 24.5 Å². The maximum atomic E-state index is 10.1. The molecule has 1 aliphatic carbocycles. The van der Waals surface area contributed by atoms with Crippen molar-refractivity contribution in [1.82, 2.24) is 15.0 Å². The van der Waals surface area contributed by atoms with Crippen LogP contribution in [0.1, 0.15) is 50.3 Å². The van der Waals surface area contributed by atoms with E-state index in [4.69, 9.17) is 5.73 Å². The molecule has 5 nitrogen and oxygen atoms in total. The molecule has 0 radical (unpaired) electrons. The van der Waals surface area contributed by atoms with Gasteiger partial charge in [-0.25, -0.2) is 4.68 Å². The lowest BCUT2D eigenvalue weighted by molar-refractivity contribution is 0.0980. The zero-order valence-corrected chi connectivity index (χ0v) is 10.3. The van der Waals surface area contributed by atoms with E-state index in [1.54, 1.807) is 0 Å². The normalized spacial score (nSPS) is 25.8. The Morgan fingerprint density at radius 3 is 3.00 bits per heavy atom. The smallest absolute Gasteiger partial charge is 0.0827 e. The van der Waals surface area contributed by atoms with Crippen molar-refractivity contribution in [3.05, 3.63) is 11.9 Å². The lowest BCUT2D eigenvalue weighted by Gasteiger charge is -2.19. The van der Waals surface area contributed by atoms with Crippen molar-refractivity contribution in [3.63, 3.8) is 0 Å². The van der Waals surface area contributed by atoms with Crippen LogP contribution in [0, 0.1) is 0 Å². The molecule has 17 heavy (non-hydrogen) atoms. The Bertz CT molecular complexity index is 339. The molecule has 0 spiro atoms. The van der Waals surface area contributed by atoms with Gasteiger partial charge in [0.1, 0.15) is 0 Å². The zero-order valence-electron chi connectivity index (χ0n) is 10.3. The summed E-state index contributed by atoms with van der Waals surface area (Å²) < 4.78 is 1.85. The molecule has 2 rings (SSSR count). The Balaban J connectivity index is 2.01. The van der Waals surface area contributed by atoms with Gasteiger partial charge in [-0.05, 0) is 32.2 Å². The van der Waals surface area contributed by atoms with Crippen molar-refractivity contribution in [2.45, 2.75) is 57.1 Å². The summed E-state index contributed by atoms with van der Waals surface area (Å²) in [7, 11) is 0. The number of aromatic nitrogens is 3. The van der Waals surface area contributed by atoms with E-state index in [1.807, 2.05) is 10.9 Å². The van der Waals surface area contributed by atoms with E-state index >= 15 is 0 Å². The van der Waals surface area contributed by atoms with Crippen LogP contribution in [-0.4, -0.2) is 32.7 Å². The van der Waals surface area contributed by atoms with Crippen LogP contribution in [-0.2, 0) is 6.42 Å². The van der Waals surface area contributed by atoms with E-state index in [1.165, 1.54) is 12.8 Å². The monoisotopic (exact) mass is 238 g/mol. The highest BCUT2D eigenvalue weighted by Crippen LogP contribution is 2.26. The van der Waals surface area contributed by atoms with Crippen LogP contribution >= 0.6 is 0 Å². The van der Waals surface area contributed by atoms with Gasteiger partial charge in [0.2, 0.25) is 0 Å². The molecule has 1 aromatic heterocycles. The molecule has 0 aliphatic heterocycles. The Morgan fingerprint density at radius 1 is 1.35 bits per heavy atom. The molecule has 96 valence electrons. The van der Waals surface area contributed by atoms with Crippen molar-refractivity contribution in [2.75, 3.05) is 6.54 Å². The zero-order chi connectivity index (χ0) is 12.1. The fourth-order valence-corrected chi connectivity index (χ4v) is 2.45. The van der Waals surface area contributed by atoms with Crippen molar-refractivity contribution < 1.29 is 5.11 Å². The molecule has 1 aliphatic rings. The van der Waals surface area contributed by atoms with Gasteiger partial charge in [0, 0.05) is 6.20 Å². The standard InChI is InChI=1S/C12H22N4O/c13-8-4-5-10-9-16(15-14-10)11-6-2-1-3-7-12(11)17/h9,11-12,17H,1-8,13H2. The number of nitrogens with zero attached hydrogens (tertiary/aromatic N) is 3. The first-order chi connectivity index (χ1) is 8.31. The molecule has 3 N–H and O–H groups in total. The Kier molecular flexibility index (Phi) is 4.50. The van der Waals surface area contributed by atoms with E-state index in [-0.39, 0.29) is 12.1 Å². The third-order valence-electron chi connectivity index (χ3n) is 3.48. The molecule has 2 unspecified atom stereocenters. The quantitative estimate of drug-likeness (QED) is 0.768. The molecule has 0 aromatic carbocycles. The number of hydrogen-bond acceptors (Lipinski definition) is 4. The molecular formula is C12H22N4O. The second-order valence-corrected chi connectivity index (χ2v) is 4.85. The van der Waals surface area contributed by atoms with Crippen LogP contribution in [0.2, 0.25) is 0 Å². The summed E-state index contributed by atoms with van der Waals surface area (Å²) in [5, 5.41) is 18.4. The predicted molar refractivity (Wildman–Crippen MR) is 65.5 cm³/mol. The van der Waals surface area contributed by atoms with Crippen molar-refractivity contribution in [2.24, 2.45) is 5.73 Å². The number of nitrogens with two attached hydrogens (primary N) is 1. The van der Waals surface area contributed by atoms with Gasteiger partial charge in [0.15, 0.2) is 0 Å². The molecule has 2 atom stereocenters. The molecule has 1 heterocycles. The molecule has 0 bridgehead atoms. The van der Waals surface area contributed by atoms with Gasteiger partial charge in [-0.15, -0.1) is 5.10 Å². The first-order valence-corrected chi connectivity index (χ1v) is 6.60. The second kappa shape index (κ2) is 6.12. The first-order valence-electron chi connectivity index (χ1n) is 6.60. The predicted octanol–water partition coefficient (Wildman–Crippen LogP) is 1.04. The van der Waals surface area contributed by atoms with Crippen LogP contribution in [0.5, 0.6) is 0 Å². The Morgan fingerprint density at radius 2 is 2.18 bits per heavy atom. The van der Waals surface area contributed by atoms with Crippen LogP contribution < -0.4 is 5.73 Å². The molecule has 0 saturated heterocycles. The third-order valence-corrected chi connectivity index (χ3v) is 3.48. The fraction of sp³-hybridized carbons (Fsp3) is 0.833. The highest BCUT2D eigenvalue weighted by Gasteiger charge is 2.24. The van der Waals surface area contributed by atoms with E-state index in [9.17, 15) is 5.11 Å². The molecule has 5 heteroatoms. The molecule has 1 saturated carbocycles. The van der Waals surface area contributed by atoms with E-state index in [0.717, 1.165) is 37.8 Å². The number of aryl methyl sites for hydroxylation is 1. The van der Waals surface area contributed by atoms with E-state index in [2.05, 4.69) is 10.3 Å². The lowest BCUT2D eigenvalue weighted by atomic mass is 10.1. The van der Waals surface area contributed by atoms with Gasteiger partial charge >= 0.3 is 0 Å². The fourth-order valence-electron chi connectivity index (χ4n) is 2.45. The Hall–Kier alpha value is -0.940. The molecular weight excluding hydrogens is 216 g/mol. The number of aliphatic hydroxyl groups excluding tert-OH is 1. The molecule has 1 aromatic rings. The summed E-state index contributed by atoms with van der Waals surface area (Å²) >= 11 is 0. The maximum Gasteiger partial charge on any atom is 0.0827 e. The number of rotatable bonds is 4. The van der Waals surface area contributed by atoms with Gasteiger partial charge in [0.05, 0.1) is 17.8 Å². The number of aliphatic hydroxyl groups is 1.